The summed E-state index contributed by atoms with van der Waals surface area (Å²) in [7, 11) is -3.13. The van der Waals surface area contributed by atoms with Crippen molar-refractivity contribution in [3.05, 3.63) is 49.1 Å². The van der Waals surface area contributed by atoms with E-state index >= 15 is 0 Å². The summed E-state index contributed by atoms with van der Waals surface area (Å²) in [5.41, 5.74) is 0. The highest BCUT2D eigenvalue weighted by molar-refractivity contribution is 7.30. The Kier molecular flexibility index (Phi) is 16.6. The van der Waals surface area contributed by atoms with Crippen LogP contribution in [0.3, 0.4) is 0 Å². The molecule has 20 heavy (non-hydrogen) atoms. The van der Waals surface area contributed by atoms with Crippen molar-refractivity contribution in [3.8, 4) is 0 Å². The third-order valence-corrected chi connectivity index (χ3v) is 1.98. The summed E-state index contributed by atoms with van der Waals surface area (Å²) in [6.45, 7) is 10.1. The predicted molar refractivity (Wildman–Crippen MR) is 86.1 cm³/mol. The van der Waals surface area contributed by atoms with E-state index in [1.54, 1.807) is 0 Å². The zero-order valence-electron chi connectivity index (χ0n) is 12.7. The average molecular weight is 302 g/mol. The van der Waals surface area contributed by atoms with Crippen molar-refractivity contribution in [2.24, 2.45) is 0 Å². The Morgan fingerprint density at radius 3 is 1.10 bits per heavy atom. The van der Waals surface area contributed by atoms with Gasteiger partial charge in [0.05, 0.1) is 0 Å². The van der Waals surface area contributed by atoms with Gasteiger partial charge in [-0.3, -0.25) is 4.57 Å². The van der Waals surface area contributed by atoms with E-state index in [2.05, 4.69) is 58.9 Å². The van der Waals surface area contributed by atoms with Crippen molar-refractivity contribution in [3.63, 3.8) is 0 Å². The molecular formula is C14H27N2O3P. The number of hydrogen-bond donors (Lipinski definition) is 2. The molecule has 0 bridgehead atoms. The summed E-state index contributed by atoms with van der Waals surface area (Å²) >= 11 is 0. The number of allylic oxidation sites excluding steroid dienone is 4. The summed E-state index contributed by atoms with van der Waals surface area (Å²) in [4.78, 5) is 18.7. The molecule has 116 valence electrons. The van der Waals surface area contributed by atoms with Gasteiger partial charge in [0.15, 0.2) is 0 Å². The van der Waals surface area contributed by atoms with Gasteiger partial charge in [-0.1, -0.05) is 24.3 Å². The van der Waals surface area contributed by atoms with Gasteiger partial charge < -0.3 is 19.6 Å². The number of nitrogens with zero attached hydrogens (tertiary/aromatic N) is 2. The normalized spacial score (nSPS) is 11.8. The molecule has 0 heterocycles. The zero-order valence-corrected chi connectivity index (χ0v) is 13.7. The second-order valence-corrected chi connectivity index (χ2v) is 4.25. The summed E-state index contributed by atoms with van der Waals surface area (Å²) in [6.07, 6.45) is 16.6. The van der Waals surface area contributed by atoms with E-state index in [4.69, 9.17) is 14.4 Å². The van der Waals surface area contributed by atoms with Gasteiger partial charge in [-0.05, 0) is 52.5 Å². The molecule has 6 heteroatoms. The van der Waals surface area contributed by atoms with Crippen LogP contribution in [0.15, 0.2) is 49.1 Å². The van der Waals surface area contributed by atoms with Gasteiger partial charge in [0.25, 0.3) is 0 Å². The minimum Gasteiger partial charge on any atom is -0.353 e. The lowest BCUT2D eigenvalue weighted by molar-refractivity contribution is 0.405. The minimum atomic E-state index is -3.13. The van der Waals surface area contributed by atoms with Gasteiger partial charge in [0.1, 0.15) is 0 Å². The quantitative estimate of drug-likeness (QED) is 0.708. The second kappa shape index (κ2) is 15.8. The SMILES string of the molecule is CC=CN(C=CC)CCN(C=CC)C=CC.O=[PH](O)O. The topological polar surface area (TPSA) is 64.0 Å². The molecule has 0 atom stereocenters. The van der Waals surface area contributed by atoms with Gasteiger partial charge >= 0.3 is 8.25 Å². The van der Waals surface area contributed by atoms with Gasteiger partial charge in [-0.15, -0.1) is 0 Å². The van der Waals surface area contributed by atoms with Crippen molar-refractivity contribution in [2.45, 2.75) is 27.7 Å². The molecule has 0 aromatic rings. The van der Waals surface area contributed by atoms with Gasteiger partial charge in [0.2, 0.25) is 0 Å². The maximum Gasteiger partial charge on any atom is 0.314 e. The van der Waals surface area contributed by atoms with Crippen molar-refractivity contribution in [1.29, 1.82) is 0 Å². The Morgan fingerprint density at radius 2 is 0.950 bits per heavy atom. The standard InChI is InChI=1S/C14H24N2.H3O3P/c1-5-9-15(10-6-2)13-14-16(11-7-3)12-8-4;1-4(2)3/h5-12H,13-14H2,1-4H3;4H,(H2,1,2,3). The summed E-state index contributed by atoms with van der Waals surface area (Å²) in [5.74, 6) is 0. The molecule has 0 radical (unpaired) electrons. The third-order valence-electron chi connectivity index (χ3n) is 1.98. The Bertz CT molecular complexity index is 296. The molecule has 0 saturated heterocycles. The van der Waals surface area contributed by atoms with Gasteiger partial charge in [-0.25, -0.2) is 0 Å². The molecule has 0 amide bonds. The number of rotatable bonds is 7. The molecule has 0 rings (SSSR count). The first-order valence-corrected chi connectivity index (χ1v) is 7.76. The molecular weight excluding hydrogens is 275 g/mol. The van der Waals surface area contributed by atoms with Crippen LogP contribution in [0.4, 0.5) is 0 Å². The Hall–Kier alpha value is -1.29. The molecule has 5 nitrogen and oxygen atoms in total. The monoisotopic (exact) mass is 302 g/mol. The van der Waals surface area contributed by atoms with Crippen molar-refractivity contribution in [1.82, 2.24) is 9.80 Å². The summed E-state index contributed by atoms with van der Waals surface area (Å²) in [5, 5.41) is 0. The largest absolute Gasteiger partial charge is 0.353 e. The molecule has 0 fully saturated rings. The van der Waals surface area contributed by atoms with Crippen LogP contribution >= 0.6 is 8.25 Å². The van der Waals surface area contributed by atoms with Crippen LogP contribution in [0.1, 0.15) is 27.7 Å². The van der Waals surface area contributed by atoms with Crippen LogP contribution in [-0.4, -0.2) is 32.7 Å². The Labute approximate surface area is 123 Å². The maximum absolute atomic E-state index is 8.74. The van der Waals surface area contributed by atoms with E-state index in [9.17, 15) is 0 Å². The van der Waals surface area contributed by atoms with E-state index in [0.717, 1.165) is 13.1 Å². The number of hydrogen-bond acceptors (Lipinski definition) is 3. The second-order valence-electron chi connectivity index (χ2n) is 3.69. The molecule has 2 N–H and O–H groups in total. The van der Waals surface area contributed by atoms with Crippen LogP contribution in [-0.2, 0) is 4.57 Å². The van der Waals surface area contributed by atoms with Crippen LogP contribution in [0, 0.1) is 0 Å². The molecule has 0 aliphatic rings. The lowest BCUT2D eigenvalue weighted by Crippen LogP contribution is -2.23. The van der Waals surface area contributed by atoms with Crippen molar-refractivity contribution in [2.75, 3.05) is 13.1 Å². The van der Waals surface area contributed by atoms with Gasteiger partial charge in [-0.2, -0.15) is 0 Å². The lowest BCUT2D eigenvalue weighted by Gasteiger charge is -2.20. The highest BCUT2D eigenvalue weighted by atomic mass is 31.1. The molecule has 0 aliphatic heterocycles. The van der Waals surface area contributed by atoms with Crippen LogP contribution in [0.5, 0.6) is 0 Å². The maximum atomic E-state index is 8.74. The van der Waals surface area contributed by atoms with Crippen LogP contribution in [0.2, 0.25) is 0 Å². The van der Waals surface area contributed by atoms with Crippen LogP contribution < -0.4 is 0 Å². The van der Waals surface area contributed by atoms with Crippen LogP contribution in [0.25, 0.3) is 0 Å². The van der Waals surface area contributed by atoms with E-state index < -0.39 is 8.25 Å². The minimum absolute atomic E-state index is 0.976. The molecule has 0 spiro atoms. The van der Waals surface area contributed by atoms with E-state index in [0.29, 0.717) is 0 Å². The van der Waals surface area contributed by atoms with Crippen molar-refractivity contribution >= 4 is 8.25 Å². The lowest BCUT2D eigenvalue weighted by atomic mass is 10.4. The highest BCUT2D eigenvalue weighted by Gasteiger charge is 1.97. The fraction of sp³-hybridized carbons (Fsp3) is 0.429. The highest BCUT2D eigenvalue weighted by Crippen LogP contribution is 1.98. The Balaban J connectivity index is 0. The Morgan fingerprint density at radius 1 is 0.750 bits per heavy atom. The molecule has 0 aromatic heterocycles. The zero-order chi connectivity index (χ0) is 15.8. The first-order valence-electron chi connectivity index (χ1n) is 6.46. The van der Waals surface area contributed by atoms with E-state index in [-0.39, 0.29) is 0 Å². The fourth-order valence-electron chi connectivity index (χ4n) is 1.39. The average Bonchev–Trinajstić information content (AvgIpc) is 2.36. The predicted octanol–water partition coefficient (Wildman–Crippen LogP) is 3.09. The molecule has 0 saturated carbocycles. The first kappa shape index (κ1) is 21.0. The summed E-state index contributed by atoms with van der Waals surface area (Å²) in [6, 6.07) is 0. The van der Waals surface area contributed by atoms with Gasteiger partial charge in [0, 0.05) is 13.1 Å². The first-order chi connectivity index (χ1) is 9.51. The van der Waals surface area contributed by atoms with E-state index in [1.807, 2.05) is 27.7 Å². The fourth-order valence-corrected chi connectivity index (χ4v) is 1.39. The molecule has 0 unspecified atom stereocenters. The van der Waals surface area contributed by atoms with Crippen molar-refractivity contribution < 1.29 is 14.4 Å². The van der Waals surface area contributed by atoms with E-state index in [1.165, 1.54) is 0 Å². The third kappa shape index (κ3) is 16.7. The molecule has 0 aliphatic carbocycles. The smallest absolute Gasteiger partial charge is 0.314 e. The molecule has 0 aromatic carbocycles. The summed E-state index contributed by atoms with van der Waals surface area (Å²) < 4.78 is 8.74.